The molecule has 1 aliphatic rings. The maximum atomic E-state index is 11.0. The molecule has 108 valence electrons. The molecule has 0 aromatic heterocycles. The Bertz CT molecular complexity index is 313. The fraction of sp³-hybridized carbons (Fsp3) is 0.909. The van der Waals surface area contributed by atoms with Gasteiger partial charge in [-0.2, -0.15) is 0 Å². The number of esters is 1. The van der Waals surface area contributed by atoms with E-state index in [0.717, 1.165) is 19.6 Å². The smallest absolute Gasteiger partial charge is 0.319 e. The highest BCUT2D eigenvalue weighted by Crippen LogP contribution is 2.10. The van der Waals surface area contributed by atoms with Crippen LogP contribution in [-0.2, 0) is 14.3 Å². The van der Waals surface area contributed by atoms with Gasteiger partial charge in [0.05, 0.1) is 32.4 Å². The van der Waals surface area contributed by atoms with E-state index >= 15 is 0 Å². The summed E-state index contributed by atoms with van der Waals surface area (Å²) in [6.45, 7) is 6.71. The molecule has 0 aromatic carbocycles. The summed E-state index contributed by atoms with van der Waals surface area (Å²) < 4.78 is 10.2. The average Bonchev–Trinajstić information content (AvgIpc) is 2.34. The lowest BCUT2D eigenvalue weighted by atomic mass is 10.1. The maximum absolute atomic E-state index is 11.0. The molecular formula is C11H21N5O3. The first-order valence-electron chi connectivity index (χ1n) is 6.47. The van der Waals surface area contributed by atoms with E-state index in [2.05, 4.69) is 20.2 Å². The van der Waals surface area contributed by atoms with Crippen LogP contribution in [0.15, 0.2) is 5.11 Å². The number of likely N-dealkylation sites (tertiary alicyclic amines) is 1. The van der Waals surface area contributed by atoms with Gasteiger partial charge in [0.1, 0.15) is 0 Å². The second kappa shape index (κ2) is 9.57. The van der Waals surface area contributed by atoms with Gasteiger partial charge in [-0.1, -0.05) is 5.11 Å². The van der Waals surface area contributed by atoms with Gasteiger partial charge >= 0.3 is 5.97 Å². The summed E-state index contributed by atoms with van der Waals surface area (Å²) in [5.74, 6) is -0.243. The summed E-state index contributed by atoms with van der Waals surface area (Å²) in [4.78, 5) is 15.9. The summed E-state index contributed by atoms with van der Waals surface area (Å²) >= 11 is 0. The molecule has 0 radical (unpaired) electrons. The van der Waals surface area contributed by atoms with Gasteiger partial charge < -0.3 is 19.7 Å². The molecule has 8 heteroatoms. The standard InChI is InChI=1S/C11H21N5O3/c1-2-19-11(17)7-13-3-5-18-6-4-16-8-10(9-16)14-15-12/h10,13H,2-9H2,1H3. The largest absolute Gasteiger partial charge is 0.465 e. The highest BCUT2D eigenvalue weighted by molar-refractivity contribution is 5.71. The van der Waals surface area contributed by atoms with Crippen LogP contribution in [-0.4, -0.2) is 69.5 Å². The number of hydrogen-bond acceptors (Lipinski definition) is 6. The van der Waals surface area contributed by atoms with Gasteiger partial charge in [-0.25, -0.2) is 0 Å². The molecule has 8 nitrogen and oxygen atoms in total. The topological polar surface area (TPSA) is 99.6 Å². The molecule has 0 saturated carbocycles. The van der Waals surface area contributed by atoms with Crippen molar-refractivity contribution in [1.29, 1.82) is 0 Å². The lowest BCUT2D eigenvalue weighted by Gasteiger charge is -2.36. The normalized spacial score (nSPS) is 15.6. The first-order valence-corrected chi connectivity index (χ1v) is 6.47. The number of hydrogen-bond donors (Lipinski definition) is 1. The van der Waals surface area contributed by atoms with Crippen LogP contribution in [0.2, 0.25) is 0 Å². The quantitative estimate of drug-likeness (QED) is 0.200. The van der Waals surface area contributed by atoms with Crippen LogP contribution in [0.4, 0.5) is 0 Å². The van der Waals surface area contributed by atoms with Crippen LogP contribution in [0.5, 0.6) is 0 Å². The number of azide groups is 1. The lowest BCUT2D eigenvalue weighted by molar-refractivity contribution is -0.142. The predicted molar refractivity (Wildman–Crippen MR) is 69.7 cm³/mol. The fourth-order valence-corrected chi connectivity index (χ4v) is 1.71. The SMILES string of the molecule is CCOC(=O)CNCCOCCN1CC(N=[N+]=[N-])C1. The molecule has 0 bridgehead atoms. The van der Waals surface area contributed by atoms with Crippen molar-refractivity contribution in [3.05, 3.63) is 10.4 Å². The lowest BCUT2D eigenvalue weighted by Crippen LogP contribution is -2.50. The van der Waals surface area contributed by atoms with Crippen LogP contribution < -0.4 is 5.32 Å². The molecule has 19 heavy (non-hydrogen) atoms. The van der Waals surface area contributed by atoms with Crippen molar-refractivity contribution in [2.24, 2.45) is 5.11 Å². The van der Waals surface area contributed by atoms with Crippen molar-refractivity contribution in [2.75, 3.05) is 52.5 Å². The van der Waals surface area contributed by atoms with E-state index in [1.165, 1.54) is 0 Å². The van der Waals surface area contributed by atoms with Crippen molar-refractivity contribution in [3.63, 3.8) is 0 Å². The number of carbonyl (C=O) groups excluding carboxylic acids is 1. The van der Waals surface area contributed by atoms with E-state index in [0.29, 0.717) is 26.4 Å². The van der Waals surface area contributed by atoms with Crippen molar-refractivity contribution in [1.82, 2.24) is 10.2 Å². The number of nitrogens with one attached hydrogen (secondary N) is 1. The Hall–Kier alpha value is -1.34. The second-order valence-corrected chi connectivity index (χ2v) is 4.21. The molecule has 0 amide bonds. The number of carbonyl (C=O) groups is 1. The van der Waals surface area contributed by atoms with Gasteiger partial charge in [0, 0.05) is 31.1 Å². The van der Waals surface area contributed by atoms with Crippen LogP contribution in [0.1, 0.15) is 6.92 Å². The molecule has 1 aliphatic heterocycles. The zero-order valence-electron chi connectivity index (χ0n) is 11.2. The Labute approximate surface area is 112 Å². The van der Waals surface area contributed by atoms with Crippen LogP contribution in [0, 0.1) is 0 Å². The van der Waals surface area contributed by atoms with Crippen molar-refractivity contribution in [3.8, 4) is 0 Å². The molecule has 0 atom stereocenters. The van der Waals surface area contributed by atoms with Crippen LogP contribution in [0.25, 0.3) is 10.4 Å². The average molecular weight is 271 g/mol. The minimum atomic E-state index is -0.243. The van der Waals surface area contributed by atoms with Gasteiger partial charge in [0.25, 0.3) is 0 Å². The van der Waals surface area contributed by atoms with Gasteiger partial charge in [-0.15, -0.1) is 0 Å². The van der Waals surface area contributed by atoms with Gasteiger partial charge in [-0.05, 0) is 12.5 Å². The second-order valence-electron chi connectivity index (χ2n) is 4.21. The highest BCUT2D eigenvalue weighted by atomic mass is 16.5. The summed E-state index contributed by atoms with van der Waals surface area (Å²) in [6.07, 6.45) is 0. The Morgan fingerprint density at radius 2 is 2.32 bits per heavy atom. The molecule has 1 fully saturated rings. The Kier molecular flexibility index (Phi) is 7.92. The summed E-state index contributed by atoms with van der Waals surface area (Å²) in [5, 5.41) is 6.57. The zero-order valence-corrected chi connectivity index (χ0v) is 11.2. The molecule has 0 aromatic rings. The molecule has 0 aliphatic carbocycles. The molecule has 1 N–H and O–H groups in total. The van der Waals surface area contributed by atoms with Crippen molar-refractivity contribution in [2.45, 2.75) is 13.0 Å². The Morgan fingerprint density at radius 3 is 3.00 bits per heavy atom. The molecule has 0 unspecified atom stereocenters. The third-order valence-corrected chi connectivity index (χ3v) is 2.70. The maximum Gasteiger partial charge on any atom is 0.319 e. The van der Waals surface area contributed by atoms with E-state index in [9.17, 15) is 4.79 Å². The Morgan fingerprint density at radius 1 is 1.53 bits per heavy atom. The van der Waals surface area contributed by atoms with Gasteiger partial charge in [-0.3, -0.25) is 4.79 Å². The van der Waals surface area contributed by atoms with Gasteiger partial charge in [0.15, 0.2) is 0 Å². The third-order valence-electron chi connectivity index (χ3n) is 2.70. The molecule has 1 heterocycles. The molecule has 1 saturated heterocycles. The summed E-state index contributed by atoms with van der Waals surface area (Å²) in [5.41, 5.74) is 8.23. The van der Waals surface area contributed by atoms with E-state index < -0.39 is 0 Å². The number of nitrogens with zero attached hydrogens (tertiary/aromatic N) is 4. The van der Waals surface area contributed by atoms with Crippen LogP contribution >= 0.6 is 0 Å². The van der Waals surface area contributed by atoms with E-state index in [1.54, 1.807) is 6.92 Å². The minimum absolute atomic E-state index is 0.122. The number of ether oxygens (including phenoxy) is 2. The van der Waals surface area contributed by atoms with E-state index in [4.69, 9.17) is 15.0 Å². The first kappa shape index (κ1) is 15.7. The zero-order chi connectivity index (χ0) is 13.9. The van der Waals surface area contributed by atoms with Crippen molar-refractivity contribution >= 4 is 5.97 Å². The van der Waals surface area contributed by atoms with Crippen molar-refractivity contribution < 1.29 is 14.3 Å². The fourth-order valence-electron chi connectivity index (χ4n) is 1.71. The molecule has 0 spiro atoms. The monoisotopic (exact) mass is 271 g/mol. The van der Waals surface area contributed by atoms with E-state index in [-0.39, 0.29) is 18.6 Å². The third kappa shape index (κ3) is 6.97. The van der Waals surface area contributed by atoms with Gasteiger partial charge in [0.2, 0.25) is 0 Å². The van der Waals surface area contributed by atoms with E-state index in [1.807, 2.05) is 0 Å². The first-order chi connectivity index (χ1) is 9.26. The molecule has 1 rings (SSSR count). The summed E-state index contributed by atoms with van der Waals surface area (Å²) in [7, 11) is 0. The minimum Gasteiger partial charge on any atom is -0.465 e. The summed E-state index contributed by atoms with van der Waals surface area (Å²) in [6, 6.07) is 0.122. The number of rotatable bonds is 10. The van der Waals surface area contributed by atoms with Crippen LogP contribution in [0.3, 0.4) is 0 Å². The predicted octanol–water partition coefficient (Wildman–Crippen LogP) is 0.150. The Balaban J connectivity index is 1.82. The highest BCUT2D eigenvalue weighted by Gasteiger charge is 2.24. The molecular weight excluding hydrogens is 250 g/mol.